The van der Waals surface area contributed by atoms with Gasteiger partial charge in [0, 0.05) is 80.3 Å². The number of thiazole rings is 1. The zero-order valence-electron chi connectivity index (χ0n) is 43.0. The number of carboxylic acid groups (broad SMARTS) is 1. The topological polar surface area (TPSA) is 106 Å². The molecular formula is C57H78Cl2F2N6O3S2. The van der Waals surface area contributed by atoms with Crippen molar-refractivity contribution < 1.29 is 23.5 Å². The molecule has 1 aromatic heterocycles. The van der Waals surface area contributed by atoms with E-state index in [0.717, 1.165) is 139 Å². The van der Waals surface area contributed by atoms with Gasteiger partial charge in [0.1, 0.15) is 11.6 Å². The summed E-state index contributed by atoms with van der Waals surface area (Å²) in [6.45, 7) is 17.4. The number of halogens is 4. The van der Waals surface area contributed by atoms with Crippen LogP contribution in [-0.4, -0.2) is 112 Å². The third-order valence-electron chi connectivity index (χ3n) is 16.0. The summed E-state index contributed by atoms with van der Waals surface area (Å²) < 4.78 is 26.4. The number of hydrogen-bond donors (Lipinski definition) is 2. The molecule has 3 aliphatic carbocycles. The number of piperazine rings is 2. The number of thiocarbonyl (C=S) groups is 1. The molecule has 72 heavy (non-hydrogen) atoms. The molecule has 3 heterocycles. The van der Waals surface area contributed by atoms with Gasteiger partial charge in [-0.15, -0.1) is 22.9 Å². The Bertz CT molecular complexity index is 2300. The first-order chi connectivity index (χ1) is 34.5. The number of anilines is 1. The first-order valence-corrected chi connectivity index (χ1v) is 28.6. The summed E-state index contributed by atoms with van der Waals surface area (Å²) in [6, 6.07) is 21.9. The summed E-state index contributed by atoms with van der Waals surface area (Å²) in [5.41, 5.74) is 8.58. The average Bonchev–Trinajstić information content (AvgIpc) is 3.92. The second-order valence-corrected chi connectivity index (χ2v) is 22.9. The fourth-order valence-electron chi connectivity index (χ4n) is 11.5. The maximum atomic E-state index is 13.5. The van der Waals surface area contributed by atoms with Gasteiger partial charge in [0.05, 0.1) is 22.4 Å². The van der Waals surface area contributed by atoms with Crippen LogP contribution < -0.4 is 10.6 Å². The Morgan fingerprint density at radius 1 is 0.653 bits per heavy atom. The third-order valence-corrected chi connectivity index (χ3v) is 17.7. The number of carbonyl (C=O) groups is 2. The Hall–Kier alpha value is -3.72. The Labute approximate surface area is 447 Å². The van der Waals surface area contributed by atoms with Crippen LogP contribution in [0.25, 0.3) is 0 Å². The zero-order chi connectivity index (χ0) is 51.9. The third kappa shape index (κ3) is 14.6. The van der Waals surface area contributed by atoms with Gasteiger partial charge in [-0.2, -0.15) is 0 Å². The fraction of sp³-hybridized carbons (Fsp3) is 0.579. The molecule has 3 aromatic carbocycles. The lowest BCUT2D eigenvalue weighted by atomic mass is 9.67. The molecule has 394 valence electrons. The largest absolute Gasteiger partial charge is 0.481 e. The maximum Gasteiger partial charge on any atom is 0.314 e. The first kappa shape index (κ1) is 57.6. The monoisotopic (exact) mass is 1070 g/mol. The van der Waals surface area contributed by atoms with E-state index in [4.69, 9.17) is 46.1 Å². The van der Waals surface area contributed by atoms with Crippen molar-refractivity contribution in [3.63, 3.8) is 0 Å². The number of nitrogens with zero attached hydrogens (tertiary/aromatic N) is 5. The highest BCUT2D eigenvalue weighted by molar-refractivity contribution is 7.80. The van der Waals surface area contributed by atoms with Gasteiger partial charge in [0.15, 0.2) is 16.0 Å². The second kappa shape index (κ2) is 27.2. The van der Waals surface area contributed by atoms with E-state index < -0.39 is 16.8 Å². The van der Waals surface area contributed by atoms with E-state index in [0.29, 0.717) is 22.2 Å². The summed E-state index contributed by atoms with van der Waals surface area (Å²) in [5.74, 6) is -1.01. The molecule has 0 amide bonds. The SMILES string of the molecule is CC(C)N1CCN(C(N)=S)CC1.CC(C)N1CCN(c2nc(C3(c4ccc(F)cc4)CCCCC3)cs2)CC1.O=C(CCl)C1(c2ccc(F)cc2)CCCCC1.O=C(O)C1(c2ccc(Cl)cc2)CCCCC1. The lowest BCUT2D eigenvalue weighted by molar-refractivity contribution is -0.145. The van der Waals surface area contributed by atoms with Crippen LogP contribution in [0, 0.1) is 11.6 Å². The number of rotatable bonds is 10. The summed E-state index contributed by atoms with van der Waals surface area (Å²) in [4.78, 5) is 38.3. The molecule has 0 radical (unpaired) electrons. The number of carbonyl (C=O) groups excluding carboxylic acids is 1. The van der Waals surface area contributed by atoms with E-state index in [2.05, 4.69) is 52.7 Å². The van der Waals surface area contributed by atoms with Crippen molar-refractivity contribution in [3.8, 4) is 0 Å². The Morgan fingerprint density at radius 3 is 1.51 bits per heavy atom. The predicted molar refractivity (Wildman–Crippen MR) is 297 cm³/mol. The van der Waals surface area contributed by atoms with Gasteiger partial charge in [0.25, 0.3) is 0 Å². The molecule has 3 saturated carbocycles. The number of Topliss-reactive ketones (excluding diaryl/α,β-unsaturated/α-hetero) is 1. The van der Waals surface area contributed by atoms with E-state index in [1.165, 1.54) is 49.1 Å². The Kier molecular flexibility index (Phi) is 21.7. The number of carboxylic acids is 1. The minimum atomic E-state index is -0.700. The number of aromatic nitrogens is 1. The Morgan fingerprint density at radius 2 is 1.07 bits per heavy atom. The second-order valence-electron chi connectivity index (χ2n) is 20.9. The summed E-state index contributed by atoms with van der Waals surface area (Å²) in [5, 5.41) is 14.1. The molecule has 4 aromatic rings. The highest BCUT2D eigenvalue weighted by Crippen LogP contribution is 2.46. The van der Waals surface area contributed by atoms with E-state index in [1.54, 1.807) is 47.7 Å². The predicted octanol–water partition coefficient (Wildman–Crippen LogP) is 12.8. The fourth-order valence-corrected chi connectivity index (χ4v) is 13.0. The number of alkyl halides is 1. The maximum absolute atomic E-state index is 13.5. The molecule has 5 aliphatic rings. The number of nitrogens with two attached hydrogens (primary N) is 1. The zero-order valence-corrected chi connectivity index (χ0v) is 46.2. The average molecular weight is 1070 g/mol. The standard InChI is InChI=1S/C22H30FN3S.C14H16ClFO.C13H15ClO2.C8H17N3S/c1-17(2)25-12-14-26(15-13-25)21-24-20(16-27-21)22(10-4-3-5-11-22)18-6-8-19(23)9-7-18;15-10-13(17)14(8-2-1-3-9-14)11-4-6-12(16)7-5-11;14-11-6-4-10(5-7-11)13(12(15)16)8-2-1-3-9-13;1-7(2)10-3-5-11(6-4-10)8(9)12/h6-9,16-17H,3-5,10-15H2,1-2H3;4-7H,1-3,8-10H2;4-7H,1-3,8-9H2,(H,15,16);7H,3-6H2,1-2H3,(H2,9,12). The normalized spacial score (nSPS) is 20.0. The van der Waals surface area contributed by atoms with Crippen molar-refractivity contribution in [2.45, 2.75) is 152 Å². The van der Waals surface area contributed by atoms with E-state index >= 15 is 0 Å². The van der Waals surface area contributed by atoms with Crippen LogP contribution in [-0.2, 0) is 25.8 Å². The van der Waals surface area contributed by atoms with Gasteiger partial charge < -0.3 is 20.6 Å². The lowest BCUT2D eigenvalue weighted by Crippen LogP contribution is -2.52. The molecular weight excluding hydrogens is 990 g/mol. The van der Waals surface area contributed by atoms with Crippen LogP contribution in [0.2, 0.25) is 5.02 Å². The van der Waals surface area contributed by atoms with Crippen molar-refractivity contribution in [1.82, 2.24) is 19.7 Å². The number of ketones is 1. The number of benzene rings is 3. The van der Waals surface area contributed by atoms with Crippen molar-refractivity contribution in [3.05, 3.63) is 117 Å². The van der Waals surface area contributed by atoms with E-state index in [-0.39, 0.29) is 28.7 Å². The molecule has 15 heteroatoms. The highest BCUT2D eigenvalue weighted by atomic mass is 35.5. The van der Waals surface area contributed by atoms with Crippen molar-refractivity contribution in [2.75, 3.05) is 63.1 Å². The molecule has 0 spiro atoms. The minimum absolute atomic E-state index is 0.0391. The number of aliphatic carboxylic acids is 1. The minimum Gasteiger partial charge on any atom is -0.481 e. The van der Waals surface area contributed by atoms with Crippen molar-refractivity contribution in [1.29, 1.82) is 0 Å². The smallest absolute Gasteiger partial charge is 0.314 e. The van der Waals surface area contributed by atoms with Gasteiger partial charge in [-0.25, -0.2) is 13.8 Å². The van der Waals surface area contributed by atoms with Gasteiger partial charge in [-0.1, -0.05) is 106 Å². The lowest BCUT2D eigenvalue weighted by Gasteiger charge is -2.38. The van der Waals surface area contributed by atoms with Gasteiger partial charge in [-0.3, -0.25) is 19.4 Å². The molecule has 9 rings (SSSR count). The van der Waals surface area contributed by atoms with E-state index in [1.807, 2.05) is 24.3 Å². The van der Waals surface area contributed by atoms with Crippen LogP contribution >= 0.6 is 46.8 Å². The molecule has 2 saturated heterocycles. The molecule has 0 bridgehead atoms. The van der Waals surface area contributed by atoms with E-state index in [9.17, 15) is 23.5 Å². The molecule has 5 fully saturated rings. The molecule has 0 atom stereocenters. The molecule has 0 unspecified atom stereocenters. The molecule has 9 nitrogen and oxygen atoms in total. The molecule has 2 aliphatic heterocycles. The van der Waals surface area contributed by atoms with Crippen molar-refractivity contribution >= 4 is 68.8 Å². The quantitative estimate of drug-likeness (QED) is 0.118. The van der Waals surface area contributed by atoms with Crippen LogP contribution in [0.1, 0.15) is 146 Å². The van der Waals surface area contributed by atoms with Crippen LogP contribution in [0.15, 0.2) is 78.2 Å². The first-order valence-electron chi connectivity index (χ1n) is 26.4. The molecule has 3 N–H and O–H groups in total. The van der Waals surface area contributed by atoms with Gasteiger partial charge in [0.2, 0.25) is 0 Å². The summed E-state index contributed by atoms with van der Waals surface area (Å²) >= 11 is 18.2. The highest BCUT2D eigenvalue weighted by Gasteiger charge is 2.42. The van der Waals surface area contributed by atoms with Gasteiger partial charge >= 0.3 is 5.97 Å². The summed E-state index contributed by atoms with van der Waals surface area (Å²) in [6.07, 6.45) is 15.5. The van der Waals surface area contributed by atoms with Crippen molar-refractivity contribution in [2.24, 2.45) is 5.73 Å². The number of hydrogen-bond acceptors (Lipinski definition) is 8. The summed E-state index contributed by atoms with van der Waals surface area (Å²) in [7, 11) is 0. The van der Waals surface area contributed by atoms with Gasteiger partial charge in [-0.05, 0) is 132 Å². The van der Waals surface area contributed by atoms with Crippen LogP contribution in [0.3, 0.4) is 0 Å². The van der Waals surface area contributed by atoms with Crippen LogP contribution in [0.4, 0.5) is 13.9 Å². The Balaban J connectivity index is 0.000000165. The van der Waals surface area contributed by atoms with Crippen LogP contribution in [0.5, 0.6) is 0 Å².